The number of alkyl halides is 3. The molecule has 2 aromatic carbocycles. The van der Waals surface area contributed by atoms with Crippen LogP contribution in [0.3, 0.4) is 0 Å². The fraction of sp³-hybridized carbons (Fsp3) is 0.188. The smallest absolute Gasteiger partial charge is 0.373 e. The largest absolute Gasteiger partial charge is 0.429 e. The zero-order chi connectivity index (χ0) is 18.2. The molecule has 1 atom stereocenters. The lowest BCUT2D eigenvalue weighted by atomic mass is 10.3. The van der Waals surface area contributed by atoms with Gasteiger partial charge in [0.1, 0.15) is 5.71 Å². The van der Waals surface area contributed by atoms with Gasteiger partial charge in [0.15, 0.2) is 9.84 Å². The highest BCUT2D eigenvalue weighted by atomic mass is 32.2. The fourth-order valence-corrected chi connectivity index (χ4v) is 5.83. The van der Waals surface area contributed by atoms with Gasteiger partial charge in [-0.3, -0.25) is 4.66 Å². The van der Waals surface area contributed by atoms with Crippen molar-refractivity contribution >= 4 is 35.5 Å². The molecular weight excluding hydrogens is 369 g/mol. The predicted octanol–water partition coefficient (Wildman–Crippen LogP) is 2.04. The third-order valence-corrected chi connectivity index (χ3v) is 7.65. The van der Waals surface area contributed by atoms with Crippen molar-refractivity contribution < 1.29 is 21.6 Å². The zero-order valence-electron chi connectivity index (χ0n) is 13.2. The summed E-state index contributed by atoms with van der Waals surface area (Å²) < 4.78 is 68.2. The summed E-state index contributed by atoms with van der Waals surface area (Å²) in [5.41, 5.74) is -0.254. The van der Waals surface area contributed by atoms with Gasteiger partial charge in [0.2, 0.25) is 0 Å². The maximum absolute atomic E-state index is 13.1. The van der Waals surface area contributed by atoms with Crippen LogP contribution >= 0.6 is 0 Å². The molecule has 0 aromatic heterocycles. The zero-order valence-corrected chi connectivity index (χ0v) is 15.2. The Bertz CT molecular complexity index is 897. The van der Waals surface area contributed by atoms with Crippen LogP contribution in [0.2, 0.25) is 0 Å². The minimum Gasteiger partial charge on any atom is -0.373 e. The number of hydrogen-bond donors (Lipinski definition) is 0. The van der Waals surface area contributed by atoms with E-state index in [2.05, 4.69) is 4.66 Å². The number of nitrogens with zero attached hydrogens (tertiary/aromatic N) is 2. The maximum atomic E-state index is 13.1. The average Bonchev–Trinajstić information content (AvgIpc) is 3.00. The second kappa shape index (κ2) is 6.30. The molecule has 25 heavy (non-hydrogen) atoms. The van der Waals surface area contributed by atoms with Gasteiger partial charge in [-0.15, -0.1) is 0 Å². The van der Waals surface area contributed by atoms with Gasteiger partial charge in [-0.1, -0.05) is 30.3 Å². The van der Waals surface area contributed by atoms with E-state index in [1.807, 2.05) is 0 Å². The Labute approximate surface area is 145 Å². The SMILES string of the molecule is CS(=O)(=O)c1ccc(N2CC(C(F)(F)F)=N[SiH]2c2ccccc2)cc1. The van der Waals surface area contributed by atoms with E-state index in [9.17, 15) is 21.6 Å². The van der Waals surface area contributed by atoms with Gasteiger partial charge in [-0.2, -0.15) is 13.2 Å². The van der Waals surface area contributed by atoms with Crippen molar-refractivity contribution in [3.05, 3.63) is 54.6 Å². The Hall–Kier alpha value is -2.13. The van der Waals surface area contributed by atoms with Crippen LogP contribution in [0.1, 0.15) is 0 Å². The van der Waals surface area contributed by atoms with Crippen LogP contribution in [0.15, 0.2) is 64.2 Å². The lowest BCUT2D eigenvalue weighted by Crippen LogP contribution is -2.44. The molecule has 0 spiro atoms. The van der Waals surface area contributed by atoms with Crippen molar-refractivity contribution in [2.75, 3.05) is 17.4 Å². The monoisotopic (exact) mass is 384 g/mol. The molecule has 0 aliphatic carbocycles. The van der Waals surface area contributed by atoms with Crippen LogP contribution in [-0.2, 0) is 9.84 Å². The number of benzene rings is 2. The van der Waals surface area contributed by atoms with Crippen LogP contribution < -0.4 is 9.75 Å². The van der Waals surface area contributed by atoms with E-state index in [0.29, 0.717) is 5.69 Å². The molecule has 0 N–H and O–H groups in total. The van der Waals surface area contributed by atoms with E-state index in [-0.39, 0.29) is 11.4 Å². The summed E-state index contributed by atoms with van der Waals surface area (Å²) in [6.07, 6.45) is -3.38. The van der Waals surface area contributed by atoms with E-state index >= 15 is 0 Å². The molecule has 0 fully saturated rings. The number of rotatable bonds is 3. The average molecular weight is 384 g/mol. The van der Waals surface area contributed by atoms with Gasteiger partial charge in [0, 0.05) is 11.9 Å². The molecule has 0 bridgehead atoms. The molecule has 0 saturated carbocycles. The number of halogens is 3. The maximum Gasteiger partial charge on any atom is 0.429 e. The second-order valence-electron chi connectivity index (χ2n) is 5.75. The molecule has 9 heteroatoms. The van der Waals surface area contributed by atoms with Crippen LogP contribution in [-0.4, -0.2) is 42.2 Å². The van der Waals surface area contributed by atoms with Crippen molar-refractivity contribution in [3.8, 4) is 0 Å². The van der Waals surface area contributed by atoms with Crippen molar-refractivity contribution in [3.63, 3.8) is 0 Å². The van der Waals surface area contributed by atoms with Crippen LogP contribution in [0.4, 0.5) is 18.9 Å². The highest BCUT2D eigenvalue weighted by Gasteiger charge is 2.43. The molecule has 3 rings (SSSR count). The molecule has 0 radical (unpaired) electrons. The molecule has 1 aliphatic rings. The summed E-state index contributed by atoms with van der Waals surface area (Å²) in [5.74, 6) is 0. The first-order chi connectivity index (χ1) is 11.7. The Morgan fingerprint density at radius 1 is 1.04 bits per heavy atom. The van der Waals surface area contributed by atoms with Crippen molar-refractivity contribution in [1.82, 2.24) is 0 Å². The highest BCUT2D eigenvalue weighted by molar-refractivity contribution is 7.90. The quantitative estimate of drug-likeness (QED) is 0.761. The van der Waals surface area contributed by atoms with Crippen molar-refractivity contribution in [1.29, 1.82) is 0 Å². The van der Waals surface area contributed by atoms with Crippen LogP contribution in [0.5, 0.6) is 0 Å². The summed E-state index contributed by atoms with van der Waals surface area (Å²) in [6, 6.07) is 14.8. The molecule has 132 valence electrons. The van der Waals surface area contributed by atoms with E-state index in [4.69, 9.17) is 0 Å². The summed E-state index contributed by atoms with van der Waals surface area (Å²) in [7, 11) is -5.80. The van der Waals surface area contributed by atoms with Crippen LogP contribution in [0.25, 0.3) is 0 Å². The van der Waals surface area contributed by atoms with E-state index in [1.54, 1.807) is 34.9 Å². The Kier molecular flexibility index (Phi) is 4.46. The standard InChI is InChI=1S/C16H15F3N2O2SSi/c1-24(22,23)13-9-7-12(8-10-13)21-11-15(16(17,18)19)20-25(21)14-5-3-2-4-6-14/h2-10,25H,11H2,1H3. The number of anilines is 1. The molecule has 0 amide bonds. The van der Waals surface area contributed by atoms with E-state index in [0.717, 1.165) is 11.4 Å². The molecule has 2 aromatic rings. The second-order valence-corrected chi connectivity index (χ2v) is 10.1. The lowest BCUT2D eigenvalue weighted by Gasteiger charge is -2.24. The number of sulfone groups is 1. The summed E-state index contributed by atoms with van der Waals surface area (Å²) in [5, 5.41) is 0.772. The van der Waals surface area contributed by atoms with Crippen molar-refractivity contribution in [2.45, 2.75) is 11.1 Å². The Morgan fingerprint density at radius 2 is 1.64 bits per heavy atom. The van der Waals surface area contributed by atoms with Crippen molar-refractivity contribution in [2.24, 2.45) is 4.66 Å². The molecule has 1 aliphatic heterocycles. The number of hydrogen-bond acceptors (Lipinski definition) is 4. The fourth-order valence-electron chi connectivity index (χ4n) is 2.67. The first-order valence-electron chi connectivity index (χ1n) is 7.42. The predicted molar refractivity (Wildman–Crippen MR) is 93.6 cm³/mol. The Balaban J connectivity index is 1.99. The summed E-state index contributed by atoms with van der Waals surface area (Å²) in [4.78, 5) is 0.130. The van der Waals surface area contributed by atoms with Gasteiger partial charge in [-0.25, -0.2) is 8.42 Å². The normalized spacial score (nSPS) is 18.3. The van der Waals surface area contributed by atoms with Gasteiger partial charge >= 0.3 is 15.3 Å². The molecule has 0 saturated heterocycles. The van der Waals surface area contributed by atoms with E-state index in [1.165, 1.54) is 24.3 Å². The summed E-state index contributed by atoms with van der Waals surface area (Å²) in [6.45, 7) is -0.326. The molecule has 1 heterocycles. The molecule has 4 nitrogen and oxygen atoms in total. The molecular formula is C16H15F3N2O2SSi. The topological polar surface area (TPSA) is 49.7 Å². The van der Waals surface area contributed by atoms with E-state index < -0.39 is 30.8 Å². The minimum atomic E-state index is -4.47. The minimum absolute atomic E-state index is 0.130. The third-order valence-electron chi connectivity index (χ3n) is 3.91. The first-order valence-corrected chi connectivity index (χ1v) is 10.9. The lowest BCUT2D eigenvalue weighted by molar-refractivity contribution is -0.0591. The highest BCUT2D eigenvalue weighted by Crippen LogP contribution is 2.27. The Morgan fingerprint density at radius 3 is 2.16 bits per heavy atom. The van der Waals surface area contributed by atoms with Gasteiger partial charge in [0.05, 0.1) is 11.4 Å². The van der Waals surface area contributed by atoms with Gasteiger partial charge < -0.3 is 4.57 Å². The molecule has 1 unspecified atom stereocenters. The summed E-state index contributed by atoms with van der Waals surface area (Å²) >= 11 is 0. The third kappa shape index (κ3) is 3.77. The van der Waals surface area contributed by atoms with Gasteiger partial charge in [-0.05, 0) is 29.5 Å². The van der Waals surface area contributed by atoms with Gasteiger partial charge in [0.25, 0.3) is 0 Å². The van der Waals surface area contributed by atoms with Crippen LogP contribution in [0, 0.1) is 0 Å². The first kappa shape index (κ1) is 17.7.